The summed E-state index contributed by atoms with van der Waals surface area (Å²) in [7, 11) is 0. The van der Waals surface area contributed by atoms with Crippen LogP contribution in [0.4, 0.5) is 5.69 Å². The van der Waals surface area contributed by atoms with Crippen LogP contribution in [0.3, 0.4) is 0 Å². The van der Waals surface area contributed by atoms with Crippen molar-refractivity contribution in [1.29, 1.82) is 0 Å². The first-order valence-corrected chi connectivity index (χ1v) is 8.35. The lowest BCUT2D eigenvalue weighted by molar-refractivity contribution is -0.120. The molecule has 0 saturated heterocycles. The van der Waals surface area contributed by atoms with Crippen LogP contribution in [0.15, 0.2) is 48.5 Å². The molecule has 2 aromatic rings. The van der Waals surface area contributed by atoms with E-state index in [4.69, 9.17) is 11.6 Å². The zero-order valence-electron chi connectivity index (χ0n) is 13.4. The van der Waals surface area contributed by atoms with Crippen LogP contribution in [-0.2, 0) is 11.2 Å². The fourth-order valence-corrected chi connectivity index (χ4v) is 3.22. The summed E-state index contributed by atoms with van der Waals surface area (Å²) in [6.45, 7) is 4.75. The van der Waals surface area contributed by atoms with Gasteiger partial charge < -0.3 is 4.90 Å². The van der Waals surface area contributed by atoms with E-state index in [0.29, 0.717) is 0 Å². The number of amides is 1. The van der Waals surface area contributed by atoms with E-state index in [1.807, 2.05) is 54.3 Å². The summed E-state index contributed by atoms with van der Waals surface area (Å²) in [5, 5.41) is 4.11. The van der Waals surface area contributed by atoms with E-state index in [1.165, 1.54) is 5.56 Å². The Morgan fingerprint density at radius 2 is 1.83 bits per heavy atom. The van der Waals surface area contributed by atoms with Gasteiger partial charge in [-0.1, -0.05) is 41.9 Å². The SMILES string of the molecule is C[C@H](N[C@H](C)c1ccc(Cl)cc1)C(=O)N1CCc2ccccc21. The van der Waals surface area contributed by atoms with E-state index in [-0.39, 0.29) is 18.0 Å². The number of rotatable bonds is 4. The first-order chi connectivity index (χ1) is 11.1. The summed E-state index contributed by atoms with van der Waals surface area (Å²) in [5.74, 6) is 0.121. The van der Waals surface area contributed by atoms with Gasteiger partial charge in [-0.15, -0.1) is 0 Å². The van der Waals surface area contributed by atoms with Crippen molar-refractivity contribution in [3.05, 3.63) is 64.7 Å². The lowest BCUT2D eigenvalue weighted by atomic mass is 10.1. The molecule has 1 heterocycles. The minimum atomic E-state index is -0.244. The Bertz CT molecular complexity index is 699. The van der Waals surface area contributed by atoms with Crippen LogP contribution in [0.25, 0.3) is 0 Å². The van der Waals surface area contributed by atoms with Crippen molar-refractivity contribution in [2.24, 2.45) is 0 Å². The second-order valence-corrected chi connectivity index (χ2v) is 6.47. The summed E-state index contributed by atoms with van der Waals surface area (Å²) < 4.78 is 0. The summed E-state index contributed by atoms with van der Waals surface area (Å²) in [5.41, 5.74) is 3.42. The minimum absolute atomic E-state index is 0.0871. The number of fused-ring (bicyclic) bond motifs is 1. The average molecular weight is 329 g/mol. The molecule has 3 nitrogen and oxygen atoms in total. The number of nitrogens with zero attached hydrogens (tertiary/aromatic N) is 1. The molecule has 0 spiro atoms. The van der Waals surface area contributed by atoms with Crippen LogP contribution in [-0.4, -0.2) is 18.5 Å². The van der Waals surface area contributed by atoms with Gasteiger partial charge in [0, 0.05) is 23.3 Å². The van der Waals surface area contributed by atoms with Crippen LogP contribution < -0.4 is 10.2 Å². The van der Waals surface area contributed by atoms with E-state index in [9.17, 15) is 4.79 Å². The van der Waals surface area contributed by atoms with E-state index in [2.05, 4.69) is 18.3 Å². The largest absolute Gasteiger partial charge is 0.310 e. The number of para-hydroxylation sites is 1. The molecular formula is C19H21ClN2O. The molecule has 0 aromatic heterocycles. The van der Waals surface area contributed by atoms with Gasteiger partial charge in [0.2, 0.25) is 5.91 Å². The zero-order chi connectivity index (χ0) is 16.4. The number of halogens is 1. The van der Waals surface area contributed by atoms with Gasteiger partial charge in [-0.25, -0.2) is 0 Å². The second-order valence-electron chi connectivity index (χ2n) is 6.03. The average Bonchev–Trinajstić information content (AvgIpc) is 2.98. The normalized spacial score (nSPS) is 16.0. The fourth-order valence-electron chi connectivity index (χ4n) is 3.09. The fraction of sp³-hybridized carbons (Fsp3) is 0.316. The third kappa shape index (κ3) is 3.41. The van der Waals surface area contributed by atoms with Crippen molar-refractivity contribution in [2.45, 2.75) is 32.4 Å². The van der Waals surface area contributed by atoms with Crippen molar-refractivity contribution in [3.8, 4) is 0 Å². The number of benzene rings is 2. The molecular weight excluding hydrogens is 308 g/mol. The Labute approximate surface area is 142 Å². The highest BCUT2D eigenvalue weighted by molar-refractivity contribution is 6.30. The van der Waals surface area contributed by atoms with Crippen LogP contribution in [0.1, 0.15) is 31.0 Å². The molecule has 2 atom stereocenters. The molecule has 2 aromatic carbocycles. The predicted molar refractivity (Wildman–Crippen MR) is 95.0 cm³/mol. The number of hydrogen-bond donors (Lipinski definition) is 1. The van der Waals surface area contributed by atoms with Crippen molar-refractivity contribution in [1.82, 2.24) is 5.32 Å². The van der Waals surface area contributed by atoms with E-state index in [0.717, 1.165) is 29.2 Å². The third-order valence-electron chi connectivity index (χ3n) is 4.39. The lowest BCUT2D eigenvalue weighted by Crippen LogP contribution is -2.45. The molecule has 0 saturated carbocycles. The molecule has 0 aliphatic carbocycles. The quantitative estimate of drug-likeness (QED) is 0.921. The zero-order valence-corrected chi connectivity index (χ0v) is 14.2. The van der Waals surface area contributed by atoms with Crippen LogP contribution in [0.5, 0.6) is 0 Å². The first kappa shape index (κ1) is 16.0. The van der Waals surface area contributed by atoms with Crippen LogP contribution in [0.2, 0.25) is 5.02 Å². The van der Waals surface area contributed by atoms with Gasteiger partial charge in [-0.3, -0.25) is 10.1 Å². The molecule has 1 aliphatic rings. The Kier molecular flexibility index (Phi) is 4.69. The van der Waals surface area contributed by atoms with Crippen molar-refractivity contribution in [3.63, 3.8) is 0 Å². The number of hydrogen-bond acceptors (Lipinski definition) is 2. The minimum Gasteiger partial charge on any atom is -0.310 e. The number of anilines is 1. The Balaban J connectivity index is 1.67. The molecule has 1 N–H and O–H groups in total. The maximum Gasteiger partial charge on any atom is 0.243 e. The van der Waals surface area contributed by atoms with Gasteiger partial charge in [0.15, 0.2) is 0 Å². The first-order valence-electron chi connectivity index (χ1n) is 7.97. The van der Waals surface area contributed by atoms with Crippen molar-refractivity contribution < 1.29 is 4.79 Å². The van der Waals surface area contributed by atoms with Crippen LogP contribution in [0, 0.1) is 0 Å². The van der Waals surface area contributed by atoms with Gasteiger partial charge in [-0.2, -0.15) is 0 Å². The maximum absolute atomic E-state index is 12.8. The summed E-state index contributed by atoms with van der Waals surface area (Å²) in [4.78, 5) is 14.7. The molecule has 120 valence electrons. The van der Waals surface area contributed by atoms with Gasteiger partial charge >= 0.3 is 0 Å². The van der Waals surface area contributed by atoms with E-state index >= 15 is 0 Å². The molecule has 3 rings (SSSR count). The summed E-state index contributed by atoms with van der Waals surface area (Å²) >= 11 is 5.93. The van der Waals surface area contributed by atoms with Gasteiger partial charge in [-0.05, 0) is 49.6 Å². The highest BCUT2D eigenvalue weighted by Crippen LogP contribution is 2.28. The number of nitrogens with one attached hydrogen (secondary N) is 1. The topological polar surface area (TPSA) is 32.3 Å². The molecule has 0 bridgehead atoms. The van der Waals surface area contributed by atoms with Gasteiger partial charge in [0.1, 0.15) is 0 Å². The smallest absolute Gasteiger partial charge is 0.243 e. The maximum atomic E-state index is 12.8. The number of carbonyl (C=O) groups excluding carboxylic acids is 1. The Morgan fingerprint density at radius 3 is 2.57 bits per heavy atom. The molecule has 0 unspecified atom stereocenters. The van der Waals surface area contributed by atoms with E-state index in [1.54, 1.807) is 0 Å². The van der Waals surface area contributed by atoms with Gasteiger partial charge in [0.05, 0.1) is 6.04 Å². The monoisotopic (exact) mass is 328 g/mol. The van der Waals surface area contributed by atoms with Crippen LogP contribution >= 0.6 is 11.6 Å². The highest BCUT2D eigenvalue weighted by atomic mass is 35.5. The molecule has 0 radical (unpaired) electrons. The molecule has 4 heteroatoms. The molecule has 1 aliphatic heterocycles. The van der Waals surface area contributed by atoms with Crippen molar-refractivity contribution in [2.75, 3.05) is 11.4 Å². The van der Waals surface area contributed by atoms with E-state index < -0.39 is 0 Å². The summed E-state index contributed by atoms with van der Waals surface area (Å²) in [6.07, 6.45) is 0.932. The highest BCUT2D eigenvalue weighted by Gasteiger charge is 2.28. The number of carbonyl (C=O) groups is 1. The Hall–Kier alpha value is -1.84. The summed E-state index contributed by atoms with van der Waals surface area (Å²) in [6, 6.07) is 15.7. The lowest BCUT2D eigenvalue weighted by Gasteiger charge is -2.25. The third-order valence-corrected chi connectivity index (χ3v) is 4.65. The second kappa shape index (κ2) is 6.73. The Morgan fingerprint density at radius 1 is 1.13 bits per heavy atom. The standard InChI is InChI=1S/C19H21ClN2O/c1-13(15-7-9-17(20)10-8-15)21-14(2)19(23)22-12-11-16-5-3-4-6-18(16)22/h3-10,13-14,21H,11-12H2,1-2H3/t13-,14+/m1/s1. The molecule has 1 amide bonds. The van der Waals surface area contributed by atoms with Gasteiger partial charge in [0.25, 0.3) is 0 Å². The van der Waals surface area contributed by atoms with Crippen molar-refractivity contribution >= 4 is 23.2 Å². The molecule has 23 heavy (non-hydrogen) atoms. The predicted octanol–water partition coefficient (Wildman–Crippen LogP) is 3.97. The molecule has 0 fully saturated rings.